The number of amides is 1. The third-order valence-electron chi connectivity index (χ3n) is 4.90. The predicted octanol–water partition coefficient (Wildman–Crippen LogP) is 4.16. The lowest BCUT2D eigenvalue weighted by Crippen LogP contribution is -2.31. The first-order valence-electron chi connectivity index (χ1n) is 9.80. The Kier molecular flexibility index (Phi) is 7.04. The van der Waals surface area contributed by atoms with Crippen molar-refractivity contribution in [1.29, 1.82) is 0 Å². The summed E-state index contributed by atoms with van der Waals surface area (Å²) in [4.78, 5) is 28.6. The first-order chi connectivity index (χ1) is 15.3. The average Bonchev–Trinajstić information content (AvgIpc) is 2.78. The number of carboxylic acids is 1. The molecular formula is C24H23FN2O5. The van der Waals surface area contributed by atoms with Crippen LogP contribution in [0.3, 0.4) is 0 Å². The lowest BCUT2D eigenvalue weighted by atomic mass is 10.0. The molecule has 0 aliphatic carbocycles. The second-order valence-corrected chi connectivity index (χ2v) is 7.13. The highest BCUT2D eigenvalue weighted by atomic mass is 19.1. The molecule has 0 saturated carbocycles. The Morgan fingerprint density at radius 3 is 2.41 bits per heavy atom. The molecule has 2 N–H and O–H groups in total. The number of methoxy groups -OCH3 is 2. The molecule has 0 bridgehead atoms. The van der Waals surface area contributed by atoms with Crippen molar-refractivity contribution in [2.75, 3.05) is 14.2 Å². The molecule has 2 aromatic carbocycles. The quantitative estimate of drug-likeness (QED) is 0.548. The minimum absolute atomic E-state index is 0.00878. The van der Waals surface area contributed by atoms with Crippen LogP contribution in [0.25, 0.3) is 11.3 Å². The fourth-order valence-electron chi connectivity index (χ4n) is 3.20. The number of ether oxygens (including phenoxy) is 2. The van der Waals surface area contributed by atoms with Crippen LogP contribution in [0.2, 0.25) is 0 Å². The van der Waals surface area contributed by atoms with Crippen LogP contribution in [-0.2, 0) is 4.79 Å². The maximum Gasteiger partial charge on any atom is 0.305 e. The van der Waals surface area contributed by atoms with Crippen LogP contribution >= 0.6 is 0 Å². The van der Waals surface area contributed by atoms with E-state index in [4.69, 9.17) is 9.47 Å². The van der Waals surface area contributed by atoms with Gasteiger partial charge in [-0.2, -0.15) is 0 Å². The first kappa shape index (κ1) is 22.7. The molecule has 1 atom stereocenters. The normalized spacial score (nSPS) is 11.5. The fraction of sp³-hybridized carbons (Fsp3) is 0.208. The third kappa shape index (κ3) is 5.21. The van der Waals surface area contributed by atoms with Crippen molar-refractivity contribution in [2.24, 2.45) is 0 Å². The smallest absolute Gasteiger partial charge is 0.305 e. The molecule has 166 valence electrons. The summed E-state index contributed by atoms with van der Waals surface area (Å²) < 4.78 is 25.0. The molecule has 0 aliphatic rings. The van der Waals surface area contributed by atoms with E-state index in [9.17, 15) is 19.1 Å². The number of nitrogens with zero attached hydrogens (tertiary/aromatic N) is 1. The zero-order valence-corrected chi connectivity index (χ0v) is 17.9. The molecule has 8 heteroatoms. The van der Waals surface area contributed by atoms with E-state index in [1.165, 1.54) is 44.6 Å². The molecule has 0 aliphatic heterocycles. The van der Waals surface area contributed by atoms with Gasteiger partial charge in [0.05, 0.1) is 26.7 Å². The molecule has 0 radical (unpaired) electrons. The van der Waals surface area contributed by atoms with Crippen LogP contribution in [-0.4, -0.2) is 36.2 Å². The molecule has 3 rings (SSSR count). The van der Waals surface area contributed by atoms with E-state index in [1.54, 1.807) is 12.1 Å². The number of aryl methyl sites for hydroxylation is 1. The SMILES string of the molecule is COc1ccc(F)c(-c2nc(C(=O)N[C@@H](CC(=O)O)c3ccc(C)cc3)ccc2OC)c1. The lowest BCUT2D eigenvalue weighted by molar-refractivity contribution is -0.137. The second kappa shape index (κ2) is 9.91. The number of halogens is 1. The summed E-state index contributed by atoms with van der Waals surface area (Å²) in [7, 11) is 2.87. The Bertz CT molecular complexity index is 1130. The van der Waals surface area contributed by atoms with Crippen molar-refractivity contribution < 1.29 is 28.6 Å². The molecule has 32 heavy (non-hydrogen) atoms. The van der Waals surface area contributed by atoms with Gasteiger partial charge in [-0.05, 0) is 42.8 Å². The standard InChI is InChI=1S/C24H23FN2O5/c1-14-4-6-15(7-5-14)20(13-22(28)29)27-24(30)19-10-11-21(32-3)23(26-19)17-12-16(31-2)8-9-18(17)25/h4-12,20H,13H2,1-3H3,(H,27,30)(H,28,29)/t20-/m0/s1. The summed E-state index contributed by atoms with van der Waals surface area (Å²) in [6.45, 7) is 1.91. The zero-order valence-electron chi connectivity index (χ0n) is 17.9. The van der Waals surface area contributed by atoms with Gasteiger partial charge in [0.1, 0.15) is 28.7 Å². The van der Waals surface area contributed by atoms with Gasteiger partial charge in [-0.3, -0.25) is 9.59 Å². The van der Waals surface area contributed by atoms with Gasteiger partial charge >= 0.3 is 5.97 Å². The lowest BCUT2D eigenvalue weighted by Gasteiger charge is -2.18. The summed E-state index contributed by atoms with van der Waals surface area (Å²) in [6, 6.07) is 13.6. The van der Waals surface area contributed by atoms with Crippen molar-refractivity contribution in [3.8, 4) is 22.8 Å². The van der Waals surface area contributed by atoms with E-state index in [1.807, 2.05) is 19.1 Å². The number of carbonyl (C=O) groups is 2. The summed E-state index contributed by atoms with van der Waals surface area (Å²) in [5, 5.41) is 12.0. The molecule has 0 fully saturated rings. The van der Waals surface area contributed by atoms with E-state index in [2.05, 4.69) is 10.3 Å². The molecule has 3 aromatic rings. The Morgan fingerprint density at radius 1 is 1.06 bits per heavy atom. The van der Waals surface area contributed by atoms with E-state index < -0.39 is 23.7 Å². The zero-order chi connectivity index (χ0) is 23.3. The Balaban J connectivity index is 1.96. The fourth-order valence-corrected chi connectivity index (χ4v) is 3.20. The number of benzene rings is 2. The van der Waals surface area contributed by atoms with Crippen molar-refractivity contribution in [1.82, 2.24) is 10.3 Å². The summed E-state index contributed by atoms with van der Waals surface area (Å²) >= 11 is 0. The second-order valence-electron chi connectivity index (χ2n) is 7.13. The summed E-state index contributed by atoms with van der Waals surface area (Å²) in [5.41, 5.74) is 1.89. The number of hydrogen-bond donors (Lipinski definition) is 2. The Labute approximate surface area is 184 Å². The van der Waals surface area contributed by atoms with Gasteiger partial charge in [0.15, 0.2) is 0 Å². The minimum Gasteiger partial charge on any atom is -0.497 e. The molecule has 1 heterocycles. The average molecular weight is 438 g/mol. The monoisotopic (exact) mass is 438 g/mol. The van der Waals surface area contributed by atoms with Crippen molar-refractivity contribution in [3.05, 3.63) is 77.2 Å². The van der Waals surface area contributed by atoms with Gasteiger partial charge in [-0.15, -0.1) is 0 Å². The van der Waals surface area contributed by atoms with Crippen molar-refractivity contribution in [3.63, 3.8) is 0 Å². The Hall–Kier alpha value is -3.94. The molecule has 0 unspecified atom stereocenters. The molecule has 0 saturated heterocycles. The number of carbonyl (C=O) groups excluding carboxylic acids is 1. The molecule has 1 aromatic heterocycles. The summed E-state index contributed by atoms with van der Waals surface area (Å²) in [5.74, 6) is -1.52. The number of rotatable bonds is 8. The number of hydrogen-bond acceptors (Lipinski definition) is 5. The number of aliphatic carboxylic acids is 1. The van der Waals surface area contributed by atoms with E-state index in [0.717, 1.165) is 5.56 Å². The maximum absolute atomic E-state index is 14.5. The summed E-state index contributed by atoms with van der Waals surface area (Å²) in [6.07, 6.45) is -0.303. The van der Waals surface area contributed by atoms with Crippen LogP contribution in [0.15, 0.2) is 54.6 Å². The maximum atomic E-state index is 14.5. The molecule has 1 amide bonds. The van der Waals surface area contributed by atoms with E-state index in [-0.39, 0.29) is 29.1 Å². The van der Waals surface area contributed by atoms with Crippen LogP contribution in [0, 0.1) is 12.7 Å². The van der Waals surface area contributed by atoms with Gasteiger partial charge in [0.2, 0.25) is 0 Å². The Morgan fingerprint density at radius 2 is 1.78 bits per heavy atom. The van der Waals surface area contributed by atoms with Gasteiger partial charge in [0, 0.05) is 5.56 Å². The van der Waals surface area contributed by atoms with Crippen LogP contribution < -0.4 is 14.8 Å². The van der Waals surface area contributed by atoms with Crippen LogP contribution in [0.1, 0.15) is 34.1 Å². The molecular weight excluding hydrogens is 415 g/mol. The van der Waals surface area contributed by atoms with E-state index in [0.29, 0.717) is 11.3 Å². The van der Waals surface area contributed by atoms with Crippen molar-refractivity contribution >= 4 is 11.9 Å². The largest absolute Gasteiger partial charge is 0.497 e. The first-order valence-corrected chi connectivity index (χ1v) is 9.80. The van der Waals surface area contributed by atoms with Gasteiger partial charge < -0.3 is 19.9 Å². The van der Waals surface area contributed by atoms with Gasteiger partial charge in [-0.1, -0.05) is 29.8 Å². The number of aromatic nitrogens is 1. The van der Waals surface area contributed by atoms with Crippen LogP contribution in [0.4, 0.5) is 4.39 Å². The highest BCUT2D eigenvalue weighted by Gasteiger charge is 2.22. The third-order valence-corrected chi connectivity index (χ3v) is 4.90. The highest BCUT2D eigenvalue weighted by Crippen LogP contribution is 2.33. The number of carboxylic acid groups (broad SMARTS) is 1. The van der Waals surface area contributed by atoms with E-state index >= 15 is 0 Å². The van der Waals surface area contributed by atoms with Gasteiger partial charge in [-0.25, -0.2) is 9.37 Å². The van der Waals surface area contributed by atoms with Crippen molar-refractivity contribution in [2.45, 2.75) is 19.4 Å². The highest BCUT2D eigenvalue weighted by molar-refractivity contribution is 5.93. The minimum atomic E-state index is -1.06. The van der Waals surface area contributed by atoms with Crippen LogP contribution in [0.5, 0.6) is 11.5 Å². The van der Waals surface area contributed by atoms with Gasteiger partial charge in [0.25, 0.3) is 5.91 Å². The topological polar surface area (TPSA) is 97.8 Å². The number of nitrogens with one attached hydrogen (secondary N) is 1. The molecule has 7 nitrogen and oxygen atoms in total. The predicted molar refractivity (Wildman–Crippen MR) is 116 cm³/mol. The number of pyridine rings is 1. The molecule has 0 spiro atoms.